The van der Waals surface area contributed by atoms with E-state index in [1.807, 2.05) is 48.5 Å². The third-order valence-corrected chi connectivity index (χ3v) is 11.7. The van der Waals surface area contributed by atoms with Crippen LogP contribution in [0, 0.1) is 0 Å². The van der Waals surface area contributed by atoms with E-state index in [2.05, 4.69) is 158 Å². The highest BCUT2D eigenvalue weighted by Crippen LogP contribution is 2.43. The average molecular weight is 767 g/mol. The highest BCUT2D eigenvalue weighted by Gasteiger charge is 2.21. The fraction of sp³-hybridized carbons (Fsp3) is 0. The summed E-state index contributed by atoms with van der Waals surface area (Å²) in [5.74, 6) is 0. The zero-order chi connectivity index (χ0) is 39.6. The van der Waals surface area contributed by atoms with E-state index in [0.717, 1.165) is 122 Å². The van der Waals surface area contributed by atoms with Crippen LogP contribution in [0.1, 0.15) is 0 Å². The van der Waals surface area contributed by atoms with Crippen molar-refractivity contribution in [3.8, 4) is 67.0 Å². The van der Waals surface area contributed by atoms with E-state index in [9.17, 15) is 0 Å². The Morgan fingerprint density at radius 2 is 0.600 bits per heavy atom. The standard InChI is InChI=1S/C56H34N2O2/c1-3-23-45(39(19-1)35-15-11-17-37(33-35)41-25-13-27-47-43-21-5-9-31-51(43)59-55(41)47)53-54(58-50-30-8-7-29-49(50)57-53)46-24-4-2-20-40(46)36-16-12-18-38(34-36)42-26-14-28-48-44-22-6-10-32-52(44)60-56(42)48/h1-34H. The van der Waals surface area contributed by atoms with Crippen LogP contribution < -0.4 is 0 Å². The number of hydrogen-bond donors (Lipinski definition) is 0. The zero-order valence-electron chi connectivity index (χ0n) is 32.3. The molecule has 0 aliphatic heterocycles. The van der Waals surface area contributed by atoms with Gasteiger partial charge >= 0.3 is 0 Å². The van der Waals surface area contributed by atoms with Gasteiger partial charge in [0.15, 0.2) is 0 Å². The Labute approximate surface area is 345 Å². The van der Waals surface area contributed by atoms with Crippen molar-refractivity contribution < 1.29 is 8.83 Å². The minimum atomic E-state index is 0.824. The van der Waals surface area contributed by atoms with Crippen molar-refractivity contribution in [3.05, 3.63) is 206 Å². The van der Waals surface area contributed by atoms with E-state index >= 15 is 0 Å². The molecule has 4 heteroatoms. The van der Waals surface area contributed by atoms with Gasteiger partial charge < -0.3 is 8.83 Å². The molecular formula is C56H34N2O2. The number of benzene rings is 9. The molecule has 12 rings (SSSR count). The lowest BCUT2D eigenvalue weighted by molar-refractivity contribution is 0.669. The lowest BCUT2D eigenvalue weighted by Gasteiger charge is -2.17. The van der Waals surface area contributed by atoms with E-state index in [1.54, 1.807) is 0 Å². The Morgan fingerprint density at radius 3 is 1.07 bits per heavy atom. The topological polar surface area (TPSA) is 52.1 Å². The molecule has 0 saturated carbocycles. The smallest absolute Gasteiger partial charge is 0.143 e. The van der Waals surface area contributed by atoms with Crippen molar-refractivity contribution in [2.75, 3.05) is 0 Å². The molecule has 0 N–H and O–H groups in total. The van der Waals surface area contributed by atoms with Gasteiger partial charge in [0.25, 0.3) is 0 Å². The lowest BCUT2D eigenvalue weighted by Crippen LogP contribution is -1.98. The van der Waals surface area contributed by atoms with Gasteiger partial charge in [-0.2, -0.15) is 0 Å². The van der Waals surface area contributed by atoms with E-state index in [1.165, 1.54) is 0 Å². The largest absolute Gasteiger partial charge is 0.455 e. The number of rotatable bonds is 6. The van der Waals surface area contributed by atoms with Crippen LogP contribution in [0.5, 0.6) is 0 Å². The maximum atomic E-state index is 6.47. The number of fused-ring (bicyclic) bond motifs is 7. The molecule has 3 heterocycles. The number of nitrogens with zero attached hydrogens (tertiary/aromatic N) is 2. The van der Waals surface area contributed by atoms with E-state index in [4.69, 9.17) is 18.8 Å². The van der Waals surface area contributed by atoms with Crippen LogP contribution >= 0.6 is 0 Å². The quantitative estimate of drug-likeness (QED) is 0.169. The molecule has 0 fully saturated rings. The second kappa shape index (κ2) is 13.8. The normalized spacial score (nSPS) is 11.7. The predicted molar refractivity (Wildman–Crippen MR) is 247 cm³/mol. The van der Waals surface area contributed by atoms with Crippen molar-refractivity contribution >= 4 is 54.9 Å². The van der Waals surface area contributed by atoms with Crippen molar-refractivity contribution in [1.82, 2.24) is 9.97 Å². The summed E-state index contributed by atoms with van der Waals surface area (Å²) in [6, 6.07) is 71.9. The summed E-state index contributed by atoms with van der Waals surface area (Å²) < 4.78 is 12.9. The summed E-state index contributed by atoms with van der Waals surface area (Å²) >= 11 is 0. The molecule has 280 valence electrons. The first kappa shape index (κ1) is 34.0. The van der Waals surface area contributed by atoms with Crippen molar-refractivity contribution in [1.29, 1.82) is 0 Å². The Kier molecular flexibility index (Phi) is 7.82. The molecular weight excluding hydrogens is 733 g/mol. The van der Waals surface area contributed by atoms with Crippen LogP contribution in [-0.4, -0.2) is 9.97 Å². The maximum Gasteiger partial charge on any atom is 0.143 e. The number of para-hydroxylation sites is 6. The molecule has 9 aromatic carbocycles. The molecule has 0 amide bonds. The van der Waals surface area contributed by atoms with Gasteiger partial charge in [-0.25, -0.2) is 9.97 Å². The van der Waals surface area contributed by atoms with Gasteiger partial charge in [-0.1, -0.05) is 170 Å². The minimum absolute atomic E-state index is 0.824. The van der Waals surface area contributed by atoms with Gasteiger partial charge in [-0.3, -0.25) is 0 Å². The van der Waals surface area contributed by atoms with Gasteiger partial charge in [0.05, 0.1) is 22.4 Å². The monoisotopic (exact) mass is 766 g/mol. The van der Waals surface area contributed by atoms with Gasteiger partial charge in [0.2, 0.25) is 0 Å². The van der Waals surface area contributed by atoms with Crippen LogP contribution in [0.15, 0.2) is 215 Å². The van der Waals surface area contributed by atoms with E-state index < -0.39 is 0 Å². The van der Waals surface area contributed by atoms with E-state index in [-0.39, 0.29) is 0 Å². The predicted octanol–water partition coefficient (Wildman–Crippen LogP) is 15.4. The van der Waals surface area contributed by atoms with Crippen LogP contribution in [-0.2, 0) is 0 Å². The Bertz CT molecular complexity index is 3390. The van der Waals surface area contributed by atoms with Crippen molar-refractivity contribution in [2.45, 2.75) is 0 Å². The fourth-order valence-corrected chi connectivity index (χ4v) is 8.92. The molecule has 60 heavy (non-hydrogen) atoms. The molecule has 0 spiro atoms. The van der Waals surface area contributed by atoms with Crippen LogP contribution in [0.2, 0.25) is 0 Å². The minimum Gasteiger partial charge on any atom is -0.455 e. The Hall–Kier alpha value is -8.08. The molecule has 4 nitrogen and oxygen atoms in total. The summed E-state index contributed by atoms with van der Waals surface area (Å²) in [7, 11) is 0. The van der Waals surface area contributed by atoms with Crippen LogP contribution in [0.3, 0.4) is 0 Å². The van der Waals surface area contributed by atoms with Gasteiger partial charge in [0.1, 0.15) is 22.3 Å². The SMILES string of the molecule is c1cc(-c2ccccc2-c2nc3ccccc3nc2-c2ccccc2-c2cccc(-c3cccc4c3oc3ccccc34)c2)cc(-c2cccc3c2oc2ccccc23)c1. The Balaban J connectivity index is 1.02. The first-order valence-corrected chi connectivity index (χ1v) is 20.2. The molecule has 0 radical (unpaired) electrons. The summed E-state index contributed by atoms with van der Waals surface area (Å²) in [4.78, 5) is 10.8. The fourth-order valence-electron chi connectivity index (χ4n) is 8.92. The highest BCUT2D eigenvalue weighted by atomic mass is 16.3. The van der Waals surface area contributed by atoms with Gasteiger partial charge in [-0.05, 0) is 69.8 Å². The zero-order valence-corrected chi connectivity index (χ0v) is 32.3. The van der Waals surface area contributed by atoms with Crippen molar-refractivity contribution in [3.63, 3.8) is 0 Å². The summed E-state index contributed by atoms with van der Waals surface area (Å²) in [5.41, 5.74) is 17.5. The molecule has 0 saturated heterocycles. The van der Waals surface area contributed by atoms with Crippen LogP contribution in [0.4, 0.5) is 0 Å². The van der Waals surface area contributed by atoms with Gasteiger partial charge in [0, 0.05) is 43.8 Å². The third-order valence-electron chi connectivity index (χ3n) is 11.7. The second-order valence-electron chi connectivity index (χ2n) is 15.2. The second-order valence-corrected chi connectivity index (χ2v) is 15.2. The lowest BCUT2D eigenvalue weighted by atomic mass is 9.90. The number of furan rings is 2. The molecule has 0 aliphatic carbocycles. The molecule has 0 atom stereocenters. The molecule has 0 unspecified atom stereocenters. The molecule has 3 aromatic heterocycles. The molecule has 12 aromatic rings. The third kappa shape index (κ3) is 5.53. The van der Waals surface area contributed by atoms with Gasteiger partial charge in [-0.15, -0.1) is 0 Å². The summed E-state index contributed by atoms with van der Waals surface area (Å²) in [6.07, 6.45) is 0. The van der Waals surface area contributed by atoms with E-state index in [0.29, 0.717) is 0 Å². The molecule has 0 bridgehead atoms. The molecule has 0 aliphatic rings. The average Bonchev–Trinajstić information content (AvgIpc) is 3.90. The summed E-state index contributed by atoms with van der Waals surface area (Å²) in [6.45, 7) is 0. The Morgan fingerprint density at radius 1 is 0.267 bits per heavy atom. The van der Waals surface area contributed by atoms with Crippen molar-refractivity contribution in [2.24, 2.45) is 0 Å². The first-order chi connectivity index (χ1) is 29.7. The summed E-state index contributed by atoms with van der Waals surface area (Å²) in [5, 5.41) is 4.46. The maximum absolute atomic E-state index is 6.47. The van der Waals surface area contributed by atoms with Crippen LogP contribution in [0.25, 0.3) is 122 Å². The number of aromatic nitrogens is 2. The first-order valence-electron chi connectivity index (χ1n) is 20.2. The highest BCUT2D eigenvalue weighted by molar-refractivity contribution is 6.11. The number of hydrogen-bond acceptors (Lipinski definition) is 4.